The van der Waals surface area contributed by atoms with Crippen LogP contribution in [0.5, 0.6) is 0 Å². The lowest BCUT2D eigenvalue weighted by Crippen LogP contribution is -2.48. The van der Waals surface area contributed by atoms with Crippen molar-refractivity contribution in [1.29, 1.82) is 0 Å². The quantitative estimate of drug-likeness (QED) is 0.611. The number of alkyl halides is 1. The number of hydrogen-bond acceptors (Lipinski definition) is 2. The van der Waals surface area contributed by atoms with Crippen molar-refractivity contribution in [2.24, 2.45) is 0 Å². The van der Waals surface area contributed by atoms with Gasteiger partial charge in [0.25, 0.3) is 0 Å². The average Bonchev–Trinajstić information content (AvgIpc) is 2.54. The Hall–Kier alpha value is -1.56. The minimum atomic E-state index is -0.588. The topological polar surface area (TPSA) is 38.3 Å². The van der Waals surface area contributed by atoms with Crippen molar-refractivity contribution in [3.63, 3.8) is 0 Å². The van der Waals surface area contributed by atoms with Crippen LogP contribution in [0.2, 0.25) is 0 Å². The fourth-order valence-electron chi connectivity index (χ4n) is 2.29. The van der Waals surface area contributed by atoms with E-state index in [2.05, 4.69) is 27.9 Å². The van der Waals surface area contributed by atoms with Crippen molar-refractivity contribution < 1.29 is 9.53 Å². The smallest absolute Gasteiger partial charge is 0.408 e. The molecule has 2 aromatic carbocycles. The van der Waals surface area contributed by atoms with E-state index in [0.717, 1.165) is 11.1 Å². The van der Waals surface area contributed by atoms with Crippen LogP contribution in [0.25, 0.3) is 0 Å². The second-order valence-corrected chi connectivity index (χ2v) is 5.38. The van der Waals surface area contributed by atoms with Gasteiger partial charge >= 0.3 is 6.09 Å². The minimum Gasteiger partial charge on any atom is -0.450 e. The Kier molecular flexibility index (Phi) is 5.61. The molecule has 0 saturated heterocycles. The van der Waals surface area contributed by atoms with Gasteiger partial charge < -0.3 is 10.1 Å². The molecule has 1 amide bonds. The third-order valence-electron chi connectivity index (χ3n) is 3.32. The van der Waals surface area contributed by atoms with Crippen LogP contribution < -0.4 is 5.32 Å². The van der Waals surface area contributed by atoms with E-state index in [0.29, 0.717) is 11.0 Å². The summed E-state index contributed by atoms with van der Waals surface area (Å²) in [6.45, 7) is 2.16. The maximum atomic E-state index is 12.0. The van der Waals surface area contributed by atoms with E-state index in [9.17, 15) is 4.79 Å². The van der Waals surface area contributed by atoms with E-state index in [-0.39, 0.29) is 0 Å². The lowest BCUT2D eigenvalue weighted by atomic mass is 9.85. The molecule has 0 aliphatic rings. The van der Waals surface area contributed by atoms with E-state index < -0.39 is 11.6 Å². The number of rotatable bonds is 5. The molecule has 2 rings (SSSR count). The molecule has 21 heavy (non-hydrogen) atoms. The number of benzene rings is 2. The number of alkyl carbamates (subject to hydrolysis) is 1. The lowest BCUT2D eigenvalue weighted by Gasteiger charge is -2.34. The number of amides is 1. The van der Waals surface area contributed by atoms with E-state index in [4.69, 9.17) is 4.74 Å². The highest BCUT2D eigenvalue weighted by Crippen LogP contribution is 2.31. The first-order chi connectivity index (χ1) is 10.2. The van der Waals surface area contributed by atoms with E-state index in [1.54, 1.807) is 6.92 Å². The van der Waals surface area contributed by atoms with Gasteiger partial charge in [-0.3, -0.25) is 0 Å². The predicted molar refractivity (Wildman–Crippen MR) is 92.7 cm³/mol. The number of ether oxygens (including phenoxy) is 1. The van der Waals surface area contributed by atoms with Crippen LogP contribution in [0.1, 0.15) is 18.1 Å². The van der Waals surface area contributed by atoms with Gasteiger partial charge in [0.1, 0.15) is 5.54 Å². The Bertz CT molecular complexity index is 532. The van der Waals surface area contributed by atoms with Gasteiger partial charge in [0.15, 0.2) is 0 Å². The summed E-state index contributed by atoms with van der Waals surface area (Å²) >= 11 is 2.30. The average molecular weight is 395 g/mol. The molecule has 0 aromatic heterocycles. The van der Waals surface area contributed by atoms with Gasteiger partial charge in [0.2, 0.25) is 0 Å². The van der Waals surface area contributed by atoms with Crippen LogP contribution in [0.3, 0.4) is 0 Å². The molecule has 0 bridgehead atoms. The molecule has 0 saturated carbocycles. The molecule has 0 radical (unpaired) electrons. The molecule has 0 fully saturated rings. The molecule has 2 aromatic rings. The summed E-state index contributed by atoms with van der Waals surface area (Å²) in [7, 11) is 0. The van der Waals surface area contributed by atoms with Gasteiger partial charge in [-0.15, -0.1) is 0 Å². The first-order valence-electron chi connectivity index (χ1n) is 6.85. The fraction of sp³-hybridized carbons (Fsp3) is 0.235. The van der Waals surface area contributed by atoms with Crippen LogP contribution >= 0.6 is 22.6 Å². The normalized spacial score (nSPS) is 11.0. The van der Waals surface area contributed by atoms with Crippen molar-refractivity contribution >= 4 is 28.7 Å². The summed E-state index contributed by atoms with van der Waals surface area (Å²) in [5, 5.41) is 3.05. The molecular weight excluding hydrogens is 377 g/mol. The Morgan fingerprint density at radius 3 is 1.90 bits per heavy atom. The standard InChI is InChI=1S/C17H18INO2/c1-2-21-16(20)19-17(13-18,14-9-5-3-6-10-14)15-11-7-4-8-12-15/h3-12H,2,13H2,1H3,(H,19,20). The summed E-state index contributed by atoms with van der Waals surface area (Å²) < 4.78 is 5.79. The van der Waals surface area contributed by atoms with Crippen LogP contribution in [-0.4, -0.2) is 17.1 Å². The zero-order valence-electron chi connectivity index (χ0n) is 11.9. The Labute approximate surface area is 138 Å². The maximum absolute atomic E-state index is 12.0. The van der Waals surface area contributed by atoms with Gasteiger partial charge in [0, 0.05) is 4.43 Å². The Morgan fingerprint density at radius 1 is 1.05 bits per heavy atom. The van der Waals surface area contributed by atoms with Crippen LogP contribution in [0.15, 0.2) is 60.7 Å². The summed E-state index contributed by atoms with van der Waals surface area (Å²) in [4.78, 5) is 12.0. The molecule has 0 spiro atoms. The highest BCUT2D eigenvalue weighted by Gasteiger charge is 2.35. The summed E-state index contributed by atoms with van der Waals surface area (Å²) in [6.07, 6.45) is -0.401. The predicted octanol–water partition coefficient (Wildman–Crippen LogP) is 4.11. The van der Waals surface area contributed by atoms with Crippen LogP contribution in [0.4, 0.5) is 4.79 Å². The molecule has 0 atom stereocenters. The number of halogens is 1. The van der Waals surface area contributed by atoms with Crippen molar-refractivity contribution in [1.82, 2.24) is 5.32 Å². The van der Waals surface area contributed by atoms with Crippen molar-refractivity contribution in [2.75, 3.05) is 11.0 Å². The van der Waals surface area contributed by atoms with Gasteiger partial charge in [-0.1, -0.05) is 83.3 Å². The minimum absolute atomic E-state index is 0.354. The lowest BCUT2D eigenvalue weighted by molar-refractivity contribution is 0.144. The van der Waals surface area contributed by atoms with Gasteiger partial charge in [-0.25, -0.2) is 4.79 Å². The molecule has 3 nitrogen and oxygen atoms in total. The van der Waals surface area contributed by atoms with Crippen LogP contribution in [-0.2, 0) is 10.3 Å². The van der Waals surface area contributed by atoms with Gasteiger partial charge in [-0.2, -0.15) is 0 Å². The second-order valence-electron chi connectivity index (χ2n) is 4.62. The zero-order valence-corrected chi connectivity index (χ0v) is 14.0. The van der Waals surface area contributed by atoms with E-state index in [1.807, 2.05) is 60.7 Å². The molecular formula is C17H18INO2. The molecule has 1 N–H and O–H groups in total. The second kappa shape index (κ2) is 7.45. The third kappa shape index (κ3) is 3.56. The molecule has 4 heteroatoms. The zero-order chi connectivity index (χ0) is 15.1. The molecule has 110 valence electrons. The molecule has 0 aliphatic carbocycles. The first-order valence-corrected chi connectivity index (χ1v) is 8.37. The molecule has 0 unspecified atom stereocenters. The fourth-order valence-corrected chi connectivity index (χ4v) is 3.36. The SMILES string of the molecule is CCOC(=O)NC(CI)(c1ccccc1)c1ccccc1. The third-order valence-corrected chi connectivity index (χ3v) is 4.47. The highest BCUT2D eigenvalue weighted by atomic mass is 127. The number of carbonyl (C=O) groups is 1. The summed E-state index contributed by atoms with van der Waals surface area (Å²) in [6, 6.07) is 20.0. The van der Waals surface area contributed by atoms with E-state index >= 15 is 0 Å². The van der Waals surface area contributed by atoms with Gasteiger partial charge in [-0.05, 0) is 18.1 Å². The highest BCUT2D eigenvalue weighted by molar-refractivity contribution is 14.1. The van der Waals surface area contributed by atoms with Crippen molar-refractivity contribution in [2.45, 2.75) is 12.5 Å². The number of nitrogens with one attached hydrogen (secondary N) is 1. The number of hydrogen-bond donors (Lipinski definition) is 1. The maximum Gasteiger partial charge on any atom is 0.408 e. The molecule has 0 heterocycles. The Balaban J connectivity index is 2.49. The van der Waals surface area contributed by atoms with Crippen LogP contribution in [0, 0.1) is 0 Å². The van der Waals surface area contributed by atoms with Gasteiger partial charge in [0.05, 0.1) is 6.61 Å². The first kappa shape index (κ1) is 15.8. The van der Waals surface area contributed by atoms with Crippen molar-refractivity contribution in [3.05, 3.63) is 71.8 Å². The summed E-state index contributed by atoms with van der Waals surface area (Å²) in [5.74, 6) is 0. The van der Waals surface area contributed by atoms with E-state index in [1.165, 1.54) is 0 Å². The number of carbonyl (C=O) groups excluding carboxylic acids is 1. The Morgan fingerprint density at radius 2 is 1.52 bits per heavy atom. The van der Waals surface area contributed by atoms with Crippen molar-refractivity contribution in [3.8, 4) is 0 Å². The monoisotopic (exact) mass is 395 g/mol. The molecule has 0 aliphatic heterocycles. The summed E-state index contributed by atoms with van der Waals surface area (Å²) in [5.41, 5.74) is 1.49. The largest absolute Gasteiger partial charge is 0.450 e.